The smallest absolute Gasteiger partial charge is 0.250 e. The van der Waals surface area contributed by atoms with E-state index in [9.17, 15) is 4.79 Å². The van der Waals surface area contributed by atoms with Gasteiger partial charge in [-0.25, -0.2) is 4.99 Å². The summed E-state index contributed by atoms with van der Waals surface area (Å²) in [4.78, 5) is 20.9. The molecule has 0 saturated heterocycles. The second kappa shape index (κ2) is 10.5. The van der Waals surface area contributed by atoms with E-state index in [1.807, 2.05) is 28.8 Å². The average molecular weight is 422 g/mol. The Hall–Kier alpha value is -2.53. The molecule has 0 bridgehead atoms. The number of amidine groups is 1. The summed E-state index contributed by atoms with van der Waals surface area (Å²) in [6.45, 7) is 7.87. The highest BCUT2D eigenvalue weighted by molar-refractivity contribution is 7.99. The predicted octanol–water partition coefficient (Wildman–Crippen LogP) is 5.89. The van der Waals surface area contributed by atoms with Crippen LogP contribution in [0.5, 0.6) is 0 Å². The predicted molar refractivity (Wildman–Crippen MR) is 129 cm³/mol. The van der Waals surface area contributed by atoms with Crippen LogP contribution in [0.25, 0.3) is 17.2 Å². The average Bonchev–Trinajstić information content (AvgIpc) is 2.91. The first kappa shape index (κ1) is 22.2. The third-order valence-electron chi connectivity index (χ3n) is 5.04. The molecule has 5 heteroatoms. The van der Waals surface area contributed by atoms with E-state index in [2.05, 4.69) is 62.2 Å². The summed E-state index contributed by atoms with van der Waals surface area (Å²) in [7, 11) is 0. The number of fused-ring (bicyclic) bond motifs is 1. The Morgan fingerprint density at radius 2 is 1.70 bits per heavy atom. The van der Waals surface area contributed by atoms with E-state index in [0.717, 1.165) is 54.1 Å². The Morgan fingerprint density at radius 3 is 2.33 bits per heavy atom. The molecule has 0 spiro atoms. The van der Waals surface area contributed by atoms with Gasteiger partial charge in [-0.1, -0.05) is 45.0 Å². The minimum Gasteiger partial charge on any atom is -0.387 e. The van der Waals surface area contributed by atoms with Gasteiger partial charge < -0.3 is 10.6 Å². The van der Waals surface area contributed by atoms with Crippen LogP contribution in [-0.2, 0) is 4.79 Å². The lowest BCUT2D eigenvalue weighted by atomic mass is 10.0. The van der Waals surface area contributed by atoms with Gasteiger partial charge in [0, 0.05) is 35.5 Å². The van der Waals surface area contributed by atoms with Gasteiger partial charge in [0.1, 0.15) is 5.84 Å². The molecule has 1 aliphatic heterocycles. The number of carbonyl (C=O) groups is 1. The van der Waals surface area contributed by atoms with Crippen molar-refractivity contribution in [2.45, 2.75) is 44.9 Å². The first-order chi connectivity index (χ1) is 14.5. The van der Waals surface area contributed by atoms with Crippen molar-refractivity contribution >= 4 is 35.3 Å². The third kappa shape index (κ3) is 5.33. The van der Waals surface area contributed by atoms with Crippen molar-refractivity contribution in [1.29, 1.82) is 0 Å². The number of carbonyl (C=O) groups excluding carboxylic acids is 1. The maximum atomic E-state index is 13.1. The fourth-order valence-electron chi connectivity index (χ4n) is 3.68. The maximum absolute atomic E-state index is 13.1. The van der Waals surface area contributed by atoms with Crippen molar-refractivity contribution in [1.82, 2.24) is 4.90 Å². The fourth-order valence-corrected chi connectivity index (χ4v) is 4.34. The molecule has 2 aromatic rings. The van der Waals surface area contributed by atoms with E-state index in [4.69, 9.17) is 5.73 Å². The number of nitrogens with zero attached hydrogens (tertiary/aromatic N) is 2. The van der Waals surface area contributed by atoms with Gasteiger partial charge in [-0.15, -0.1) is 11.8 Å². The summed E-state index contributed by atoms with van der Waals surface area (Å²) < 4.78 is 0. The molecule has 4 nitrogen and oxygen atoms in total. The van der Waals surface area contributed by atoms with E-state index in [1.165, 1.54) is 4.90 Å². The zero-order valence-electron chi connectivity index (χ0n) is 18.1. The van der Waals surface area contributed by atoms with Crippen LogP contribution >= 0.6 is 11.8 Å². The Bertz CT molecular complexity index is 941. The molecular formula is C25H31N3OS. The lowest BCUT2D eigenvalue weighted by Gasteiger charge is -2.22. The summed E-state index contributed by atoms with van der Waals surface area (Å²) in [5, 5.41) is 0. The van der Waals surface area contributed by atoms with Gasteiger partial charge in [0.2, 0.25) is 5.91 Å². The number of hydrogen-bond acceptors (Lipinski definition) is 4. The molecule has 0 radical (unpaired) electrons. The topological polar surface area (TPSA) is 58.7 Å². The highest BCUT2D eigenvalue weighted by atomic mass is 32.2. The largest absolute Gasteiger partial charge is 0.387 e. The van der Waals surface area contributed by atoms with Crippen molar-refractivity contribution in [3.05, 3.63) is 53.6 Å². The number of thioether (sulfide) groups is 1. The molecule has 0 aliphatic carbocycles. The highest BCUT2D eigenvalue weighted by Crippen LogP contribution is 2.32. The lowest BCUT2D eigenvalue weighted by Crippen LogP contribution is -2.34. The summed E-state index contributed by atoms with van der Waals surface area (Å²) in [5.74, 6) is 1.61. The van der Waals surface area contributed by atoms with Crippen LogP contribution < -0.4 is 5.73 Å². The molecule has 30 heavy (non-hydrogen) atoms. The molecule has 158 valence electrons. The fraction of sp³-hybridized carbons (Fsp3) is 0.360. The summed E-state index contributed by atoms with van der Waals surface area (Å²) in [5.41, 5.74) is 10.9. The van der Waals surface area contributed by atoms with Crippen LogP contribution in [0.1, 0.15) is 45.6 Å². The van der Waals surface area contributed by atoms with Crippen LogP contribution in [0, 0.1) is 0 Å². The van der Waals surface area contributed by atoms with Crippen LogP contribution in [0.3, 0.4) is 0 Å². The third-order valence-corrected chi connectivity index (χ3v) is 5.94. The van der Waals surface area contributed by atoms with Crippen molar-refractivity contribution < 1.29 is 4.79 Å². The number of rotatable bonds is 8. The Kier molecular flexibility index (Phi) is 7.75. The van der Waals surface area contributed by atoms with Crippen molar-refractivity contribution in [2.24, 2.45) is 10.7 Å². The van der Waals surface area contributed by atoms with Crippen LogP contribution in [0.15, 0.2) is 57.9 Å². The van der Waals surface area contributed by atoms with Gasteiger partial charge in [0.15, 0.2) is 0 Å². The molecule has 1 amide bonds. The van der Waals surface area contributed by atoms with E-state index in [1.54, 1.807) is 0 Å². The minimum absolute atomic E-state index is 0.0674. The first-order valence-corrected chi connectivity index (χ1v) is 11.7. The molecule has 2 N–H and O–H groups in total. The number of amides is 1. The molecule has 0 aromatic heterocycles. The monoisotopic (exact) mass is 421 g/mol. The van der Waals surface area contributed by atoms with Crippen molar-refractivity contribution in [3.63, 3.8) is 0 Å². The maximum Gasteiger partial charge on any atom is 0.250 e. The Morgan fingerprint density at radius 1 is 1.03 bits per heavy atom. The van der Waals surface area contributed by atoms with E-state index >= 15 is 0 Å². The second-order valence-electron chi connectivity index (χ2n) is 7.47. The van der Waals surface area contributed by atoms with Crippen LogP contribution in [0.4, 0.5) is 5.69 Å². The number of benzene rings is 2. The van der Waals surface area contributed by atoms with E-state index in [0.29, 0.717) is 17.8 Å². The summed E-state index contributed by atoms with van der Waals surface area (Å²) >= 11 is 1.83. The van der Waals surface area contributed by atoms with Crippen molar-refractivity contribution in [2.75, 3.05) is 18.8 Å². The summed E-state index contributed by atoms with van der Waals surface area (Å²) in [6.07, 6.45) is 4.23. The normalized spacial score (nSPS) is 13.2. The van der Waals surface area contributed by atoms with Crippen molar-refractivity contribution in [3.8, 4) is 11.1 Å². The molecule has 1 aliphatic rings. The molecule has 0 saturated carbocycles. The van der Waals surface area contributed by atoms with E-state index in [-0.39, 0.29) is 5.91 Å². The zero-order valence-corrected chi connectivity index (χ0v) is 19.0. The lowest BCUT2D eigenvalue weighted by molar-refractivity contribution is -0.127. The van der Waals surface area contributed by atoms with Gasteiger partial charge >= 0.3 is 0 Å². The minimum atomic E-state index is 0.0674. The highest BCUT2D eigenvalue weighted by Gasteiger charge is 2.21. The standard InChI is InChI=1S/C25H31N3OS/c1-4-13-28(14-5-2)25(29)21-15-20-8-7-19(16-23(20)27-24(26)17-21)18-9-11-22(12-10-18)30-6-3/h7-12,15-16H,4-6,13-14,17H2,1-3H3,(H2,26,27). The number of aliphatic imine (C=N–C) groups is 1. The molecule has 2 aromatic carbocycles. The van der Waals surface area contributed by atoms with Crippen LogP contribution in [0.2, 0.25) is 0 Å². The molecule has 1 heterocycles. The molecule has 0 atom stereocenters. The Balaban J connectivity index is 1.92. The van der Waals surface area contributed by atoms with Gasteiger partial charge in [0.05, 0.1) is 5.69 Å². The van der Waals surface area contributed by atoms with E-state index < -0.39 is 0 Å². The Labute approximate surface area is 184 Å². The number of nitrogens with two attached hydrogens (primary N) is 1. The molecular weight excluding hydrogens is 390 g/mol. The summed E-state index contributed by atoms with van der Waals surface area (Å²) in [6, 6.07) is 14.8. The first-order valence-electron chi connectivity index (χ1n) is 10.8. The van der Waals surface area contributed by atoms with Gasteiger partial charge in [-0.2, -0.15) is 0 Å². The van der Waals surface area contributed by atoms with Crippen LogP contribution in [-0.4, -0.2) is 35.5 Å². The SMILES string of the molecule is CCCN(CCC)C(=O)C1=Cc2ccc(-c3ccc(SCC)cc3)cc2N=C(N)C1. The molecule has 3 rings (SSSR count). The zero-order chi connectivity index (χ0) is 21.5. The van der Waals surface area contributed by atoms with Gasteiger partial charge in [-0.3, -0.25) is 4.79 Å². The molecule has 0 unspecified atom stereocenters. The van der Waals surface area contributed by atoms with Gasteiger partial charge in [-0.05, 0) is 54.0 Å². The number of hydrogen-bond donors (Lipinski definition) is 1. The molecule has 0 fully saturated rings. The van der Waals surface area contributed by atoms with Gasteiger partial charge in [0.25, 0.3) is 0 Å². The second-order valence-corrected chi connectivity index (χ2v) is 8.81. The quantitative estimate of drug-likeness (QED) is 0.541.